The SMILES string of the molecule is C/C=C/S/C(N)=N\c1ncc(/C=C/c2ccccc2)cc1OCc1ccccc1. The highest BCUT2D eigenvalue weighted by Crippen LogP contribution is 2.28. The third kappa shape index (κ3) is 6.66. The van der Waals surface area contributed by atoms with E-state index >= 15 is 0 Å². The van der Waals surface area contributed by atoms with Crippen LogP contribution < -0.4 is 10.5 Å². The number of rotatable bonds is 7. The van der Waals surface area contributed by atoms with Crippen LogP contribution in [0, 0.1) is 0 Å². The van der Waals surface area contributed by atoms with Crippen LogP contribution in [0.5, 0.6) is 5.75 Å². The molecule has 0 spiro atoms. The molecule has 1 heterocycles. The summed E-state index contributed by atoms with van der Waals surface area (Å²) in [5.74, 6) is 1.06. The molecule has 1 aromatic heterocycles. The van der Waals surface area contributed by atoms with E-state index in [2.05, 4.69) is 22.1 Å². The van der Waals surface area contributed by atoms with Crippen molar-refractivity contribution in [2.75, 3.05) is 0 Å². The van der Waals surface area contributed by atoms with E-state index in [1.807, 2.05) is 85.2 Å². The number of amidine groups is 1. The van der Waals surface area contributed by atoms with Gasteiger partial charge in [0.25, 0.3) is 0 Å². The number of allylic oxidation sites excluding steroid dienone is 1. The lowest BCUT2D eigenvalue weighted by Gasteiger charge is -2.10. The topological polar surface area (TPSA) is 60.5 Å². The number of hydrogen-bond donors (Lipinski definition) is 1. The molecule has 0 radical (unpaired) electrons. The average molecular weight is 402 g/mol. The molecule has 0 aliphatic carbocycles. The standard InChI is InChI=1S/C24H23N3OS/c1-2-15-29-24(25)27-23-22(28-18-20-11-7-4-8-12-20)16-21(17-26-23)14-13-19-9-5-3-6-10-19/h2-17H,18H2,1H3,(H2,25,26,27)/b14-13+,15-2+. The Morgan fingerprint density at radius 3 is 2.45 bits per heavy atom. The number of thioether (sulfide) groups is 1. The molecule has 0 bridgehead atoms. The summed E-state index contributed by atoms with van der Waals surface area (Å²) in [6.45, 7) is 2.36. The fourth-order valence-electron chi connectivity index (χ4n) is 2.49. The van der Waals surface area contributed by atoms with Gasteiger partial charge in [-0.2, -0.15) is 0 Å². The van der Waals surface area contributed by atoms with Crippen LogP contribution in [-0.2, 0) is 6.61 Å². The Morgan fingerprint density at radius 2 is 1.72 bits per heavy atom. The average Bonchev–Trinajstić information content (AvgIpc) is 2.77. The molecule has 0 saturated heterocycles. The van der Waals surface area contributed by atoms with Crippen molar-refractivity contribution in [2.24, 2.45) is 10.7 Å². The van der Waals surface area contributed by atoms with Gasteiger partial charge in [-0.3, -0.25) is 0 Å². The Morgan fingerprint density at radius 1 is 1.03 bits per heavy atom. The Hall–Kier alpha value is -3.31. The van der Waals surface area contributed by atoms with E-state index in [-0.39, 0.29) is 0 Å². The van der Waals surface area contributed by atoms with E-state index in [0.717, 1.165) is 16.7 Å². The van der Waals surface area contributed by atoms with Crippen molar-refractivity contribution in [1.82, 2.24) is 4.98 Å². The maximum absolute atomic E-state index is 6.03. The van der Waals surface area contributed by atoms with Gasteiger partial charge in [0, 0.05) is 6.20 Å². The van der Waals surface area contributed by atoms with Crippen LogP contribution in [-0.4, -0.2) is 10.2 Å². The smallest absolute Gasteiger partial charge is 0.197 e. The van der Waals surface area contributed by atoms with Crippen LogP contribution in [0.1, 0.15) is 23.6 Å². The van der Waals surface area contributed by atoms with Crippen molar-refractivity contribution in [2.45, 2.75) is 13.5 Å². The Bertz CT molecular complexity index is 999. The zero-order valence-electron chi connectivity index (χ0n) is 16.2. The number of nitrogens with two attached hydrogens (primary N) is 1. The molecule has 0 unspecified atom stereocenters. The fourth-order valence-corrected chi connectivity index (χ4v) is 2.91. The number of aromatic nitrogens is 1. The maximum atomic E-state index is 6.03. The highest BCUT2D eigenvalue weighted by Gasteiger charge is 2.07. The van der Waals surface area contributed by atoms with Gasteiger partial charge in [0.1, 0.15) is 6.61 Å². The monoisotopic (exact) mass is 401 g/mol. The quantitative estimate of drug-likeness (QED) is 0.387. The highest BCUT2D eigenvalue weighted by atomic mass is 32.2. The number of hydrogen-bond acceptors (Lipinski definition) is 4. The Kier molecular flexibility index (Phi) is 7.66. The predicted octanol–water partition coefficient (Wildman–Crippen LogP) is 6.04. The van der Waals surface area contributed by atoms with Crippen LogP contribution in [0.15, 0.2) is 89.4 Å². The number of aliphatic imine (C=N–C) groups is 1. The van der Waals surface area contributed by atoms with Gasteiger partial charge in [-0.05, 0) is 35.1 Å². The molecule has 5 heteroatoms. The molecule has 2 N–H and O–H groups in total. The number of nitrogens with zero attached hydrogens (tertiary/aromatic N) is 2. The molecule has 3 aromatic rings. The third-order valence-corrected chi connectivity index (χ3v) is 4.64. The molecule has 2 aromatic carbocycles. The first kappa shape index (κ1) is 20.4. The first-order valence-electron chi connectivity index (χ1n) is 9.26. The minimum atomic E-state index is 0.410. The molecular formula is C24H23N3OS. The largest absolute Gasteiger partial charge is 0.485 e. The summed E-state index contributed by atoms with van der Waals surface area (Å²) in [5, 5.41) is 2.29. The second-order valence-electron chi connectivity index (χ2n) is 6.15. The van der Waals surface area contributed by atoms with Crippen LogP contribution in [0.4, 0.5) is 5.82 Å². The summed E-state index contributed by atoms with van der Waals surface area (Å²) in [6.07, 6.45) is 7.71. The molecule has 0 aliphatic rings. The molecule has 0 fully saturated rings. The Labute approximate surface area is 175 Å². The number of ether oxygens (including phenoxy) is 1. The van der Waals surface area contributed by atoms with Gasteiger partial charge < -0.3 is 10.5 Å². The molecule has 3 rings (SSSR count). The first-order valence-corrected chi connectivity index (χ1v) is 10.1. The second-order valence-corrected chi connectivity index (χ2v) is 7.07. The molecule has 0 atom stereocenters. The van der Waals surface area contributed by atoms with Crippen LogP contribution in [0.2, 0.25) is 0 Å². The van der Waals surface area contributed by atoms with Gasteiger partial charge in [-0.1, -0.05) is 90.7 Å². The summed E-state index contributed by atoms with van der Waals surface area (Å²) < 4.78 is 6.03. The summed E-state index contributed by atoms with van der Waals surface area (Å²) in [7, 11) is 0. The minimum Gasteiger partial charge on any atom is -0.485 e. The van der Waals surface area contributed by atoms with Crippen molar-refractivity contribution in [1.29, 1.82) is 0 Å². The summed E-state index contributed by atoms with van der Waals surface area (Å²) >= 11 is 1.34. The van der Waals surface area contributed by atoms with Gasteiger partial charge in [0.15, 0.2) is 16.7 Å². The first-order chi connectivity index (χ1) is 14.2. The van der Waals surface area contributed by atoms with Gasteiger partial charge in [0.2, 0.25) is 0 Å². The zero-order valence-corrected chi connectivity index (χ0v) is 17.0. The maximum Gasteiger partial charge on any atom is 0.197 e. The predicted molar refractivity (Wildman–Crippen MR) is 124 cm³/mol. The number of pyridine rings is 1. The van der Waals surface area contributed by atoms with Crippen LogP contribution >= 0.6 is 11.8 Å². The Balaban J connectivity index is 1.85. The summed E-state index contributed by atoms with van der Waals surface area (Å²) in [4.78, 5) is 8.88. The molecule has 29 heavy (non-hydrogen) atoms. The highest BCUT2D eigenvalue weighted by molar-refractivity contribution is 8.16. The number of benzene rings is 2. The van der Waals surface area contributed by atoms with E-state index in [4.69, 9.17) is 10.5 Å². The van der Waals surface area contributed by atoms with E-state index in [1.165, 1.54) is 11.8 Å². The van der Waals surface area contributed by atoms with E-state index in [1.54, 1.807) is 6.20 Å². The van der Waals surface area contributed by atoms with E-state index in [9.17, 15) is 0 Å². The molecular weight excluding hydrogens is 378 g/mol. The molecule has 0 amide bonds. The van der Waals surface area contributed by atoms with Crippen molar-refractivity contribution in [3.63, 3.8) is 0 Å². The van der Waals surface area contributed by atoms with Gasteiger partial charge in [-0.15, -0.1) is 0 Å². The lowest BCUT2D eigenvalue weighted by atomic mass is 10.1. The molecule has 4 nitrogen and oxygen atoms in total. The molecule has 0 saturated carbocycles. The van der Waals surface area contributed by atoms with Crippen molar-refractivity contribution < 1.29 is 4.74 Å². The van der Waals surface area contributed by atoms with Crippen LogP contribution in [0.3, 0.4) is 0 Å². The molecule has 0 aliphatic heterocycles. The van der Waals surface area contributed by atoms with Crippen LogP contribution in [0.25, 0.3) is 12.2 Å². The molecule has 146 valence electrons. The lowest BCUT2D eigenvalue weighted by Crippen LogP contribution is -2.05. The van der Waals surface area contributed by atoms with E-state index in [0.29, 0.717) is 23.3 Å². The van der Waals surface area contributed by atoms with Crippen molar-refractivity contribution in [3.8, 4) is 5.75 Å². The van der Waals surface area contributed by atoms with Crippen molar-refractivity contribution >= 4 is 34.9 Å². The van der Waals surface area contributed by atoms with Crippen molar-refractivity contribution in [3.05, 3.63) is 101 Å². The van der Waals surface area contributed by atoms with Gasteiger partial charge >= 0.3 is 0 Å². The second kappa shape index (κ2) is 10.9. The minimum absolute atomic E-state index is 0.410. The summed E-state index contributed by atoms with van der Waals surface area (Å²) in [5.41, 5.74) is 9.11. The normalized spacial score (nSPS) is 12.0. The summed E-state index contributed by atoms with van der Waals surface area (Å²) in [6, 6.07) is 22.0. The lowest BCUT2D eigenvalue weighted by molar-refractivity contribution is 0.306. The van der Waals surface area contributed by atoms with E-state index < -0.39 is 0 Å². The third-order valence-electron chi connectivity index (χ3n) is 3.90. The zero-order chi connectivity index (χ0) is 20.3. The van der Waals surface area contributed by atoms with Gasteiger partial charge in [0.05, 0.1) is 0 Å². The van der Waals surface area contributed by atoms with Gasteiger partial charge in [-0.25, -0.2) is 9.98 Å². The fraction of sp³-hybridized carbons (Fsp3) is 0.0833.